The van der Waals surface area contributed by atoms with Crippen LogP contribution < -0.4 is 0 Å². The number of hydrogen-bond donors (Lipinski definition) is 0. The molecule has 0 bridgehead atoms. The molecule has 0 amide bonds. The third kappa shape index (κ3) is 4.03. The fraction of sp³-hybridized carbons (Fsp3) is 1.00. The molecule has 0 rings (SSSR count). The fourth-order valence-corrected chi connectivity index (χ4v) is 6.23. The topological polar surface area (TPSA) is 0 Å². The van der Waals surface area contributed by atoms with Gasteiger partial charge in [0.2, 0.25) is 0 Å². The third-order valence-electron chi connectivity index (χ3n) is 3.69. The molecule has 13 heavy (non-hydrogen) atoms. The van der Waals surface area contributed by atoms with Crippen molar-refractivity contribution in [3.63, 3.8) is 0 Å². The molecule has 0 aliphatic heterocycles. The zero-order valence-electron chi connectivity index (χ0n) is 9.77. The summed E-state index contributed by atoms with van der Waals surface area (Å²) in [5, 5.41) is 0. The van der Waals surface area contributed by atoms with E-state index in [-0.39, 0.29) is 0 Å². The maximum atomic E-state index is 2.87. The summed E-state index contributed by atoms with van der Waals surface area (Å²) in [6, 6.07) is 0. The summed E-state index contributed by atoms with van der Waals surface area (Å²) in [5.41, 5.74) is 0. The molecule has 0 aromatic rings. The van der Waals surface area contributed by atoms with E-state index in [0.717, 1.165) is 0 Å². The van der Waals surface area contributed by atoms with Gasteiger partial charge in [-0.2, -0.15) is 0 Å². The Hall–Kier alpha value is 1.16. The molecule has 0 aromatic carbocycles. The van der Waals surface area contributed by atoms with Crippen molar-refractivity contribution >= 4 is 26.3 Å². The first-order chi connectivity index (χ1) is 6.04. The van der Waals surface area contributed by atoms with Gasteiger partial charge in [-0.1, -0.05) is 0 Å². The van der Waals surface area contributed by atoms with Crippen LogP contribution in [0, 0.1) is 0 Å². The van der Waals surface area contributed by atoms with Gasteiger partial charge in [0.25, 0.3) is 0 Å². The molecule has 0 spiro atoms. The predicted octanol–water partition coefficient (Wildman–Crippen LogP) is 5.14. The minimum atomic E-state index is -1.25. The van der Waals surface area contributed by atoms with Gasteiger partial charge >= 0.3 is 97.9 Å². The molecule has 0 nitrogen and oxygen atoms in total. The molecule has 0 radical (unpaired) electrons. The van der Waals surface area contributed by atoms with Gasteiger partial charge in [-0.25, -0.2) is 0 Å². The van der Waals surface area contributed by atoms with E-state index in [1.54, 1.807) is 0 Å². The van der Waals surface area contributed by atoms with Gasteiger partial charge < -0.3 is 0 Å². The molecule has 2 heteroatoms. The number of rotatable bonds is 7. The summed E-state index contributed by atoms with van der Waals surface area (Å²) in [7, 11) is 0. The van der Waals surface area contributed by atoms with Crippen LogP contribution >= 0.6 is 26.3 Å². The van der Waals surface area contributed by atoms with E-state index in [9.17, 15) is 0 Å². The van der Waals surface area contributed by atoms with Gasteiger partial charge in [0, 0.05) is 0 Å². The minimum absolute atomic E-state index is 1.25. The van der Waals surface area contributed by atoms with Gasteiger partial charge in [0.1, 0.15) is 0 Å². The second-order valence-electron chi connectivity index (χ2n) is 4.20. The summed E-state index contributed by atoms with van der Waals surface area (Å²) in [5.74, 6) is 0. The van der Waals surface area contributed by atoms with Crippen molar-refractivity contribution in [3.05, 3.63) is 0 Å². The fourth-order valence-electron chi connectivity index (χ4n) is 1.90. The monoisotopic (exact) mass is 316 g/mol. The number of halogens is 1. The second-order valence-corrected chi connectivity index (χ2v) is 18.4. The van der Waals surface area contributed by atoms with E-state index >= 15 is 0 Å². The van der Waals surface area contributed by atoms with E-state index in [1.165, 1.54) is 43.9 Å². The molecule has 0 N–H and O–H groups in total. The zero-order chi connectivity index (χ0) is 10.4. The molecule has 0 atom stereocenters. The Morgan fingerprint density at radius 1 is 0.846 bits per heavy atom. The zero-order valence-corrected chi connectivity index (χ0v) is 12.8. The summed E-state index contributed by atoms with van der Waals surface area (Å²) in [6.07, 6.45) is 10.1. The van der Waals surface area contributed by atoms with Crippen LogP contribution in [0.4, 0.5) is 0 Å². The quantitative estimate of drug-likeness (QED) is 0.346. The first kappa shape index (κ1) is 14.2. The summed E-state index contributed by atoms with van der Waals surface area (Å²) >= 11 is 2.87. The molecule has 0 saturated heterocycles. The molecule has 0 heterocycles. The number of unbranched alkanes of at least 4 members (excludes halogenated alkanes) is 2. The molecule has 0 aliphatic carbocycles. The van der Waals surface area contributed by atoms with E-state index in [4.69, 9.17) is 0 Å². The Balaban J connectivity index is 4.23. The van der Waals surface area contributed by atoms with Crippen molar-refractivity contribution in [3.8, 4) is 0 Å². The Bertz CT molecular complexity index is 130. The average molecular weight is 316 g/mol. The first-order valence-corrected chi connectivity index (χ1v) is 11.5. The van der Waals surface area contributed by atoms with Crippen LogP contribution in [-0.4, -0.2) is 24.6 Å². The molecule has 0 aromatic heterocycles. The molecular weight excluding hydrogens is 290 g/mol. The standard InChI is InChI=1S/C11H26IP/c1-5-9-10-11-13(12,6-2,7-3)8-4/h5-11H2,1-4H3. The van der Waals surface area contributed by atoms with Crippen molar-refractivity contribution < 1.29 is 0 Å². The van der Waals surface area contributed by atoms with Crippen LogP contribution in [0.15, 0.2) is 0 Å². The normalized spacial score (nSPS) is 15.3. The second kappa shape index (κ2) is 5.90. The third-order valence-corrected chi connectivity index (χ3v) is 17.5. The van der Waals surface area contributed by atoms with Crippen LogP contribution in [0.1, 0.15) is 47.0 Å². The van der Waals surface area contributed by atoms with Crippen molar-refractivity contribution in [2.75, 3.05) is 24.6 Å². The molecule has 0 aliphatic rings. The molecule has 0 unspecified atom stereocenters. The van der Waals surface area contributed by atoms with Crippen molar-refractivity contribution in [1.82, 2.24) is 0 Å². The van der Waals surface area contributed by atoms with Gasteiger partial charge in [-0.15, -0.1) is 0 Å². The predicted molar refractivity (Wildman–Crippen MR) is 77.0 cm³/mol. The van der Waals surface area contributed by atoms with Gasteiger partial charge in [-0.3, -0.25) is 0 Å². The molecule has 0 saturated carbocycles. The van der Waals surface area contributed by atoms with Crippen LogP contribution in [0.2, 0.25) is 0 Å². The maximum absolute atomic E-state index is 2.87. The van der Waals surface area contributed by atoms with Crippen molar-refractivity contribution in [2.24, 2.45) is 0 Å². The van der Waals surface area contributed by atoms with Crippen molar-refractivity contribution in [1.29, 1.82) is 0 Å². The van der Waals surface area contributed by atoms with E-state index < -0.39 is 4.25 Å². The SMILES string of the molecule is CCCCCP(I)(CC)(CC)CC. The van der Waals surface area contributed by atoms with Crippen LogP contribution in [0.5, 0.6) is 0 Å². The molecule has 0 fully saturated rings. The summed E-state index contributed by atoms with van der Waals surface area (Å²) < 4.78 is -1.25. The van der Waals surface area contributed by atoms with E-state index in [1.807, 2.05) is 0 Å². The Labute approximate surface area is 97.7 Å². The average Bonchev–Trinajstić information content (AvgIpc) is 2.19. The van der Waals surface area contributed by atoms with E-state index in [0.29, 0.717) is 0 Å². The summed E-state index contributed by atoms with van der Waals surface area (Å²) in [4.78, 5) is 0. The van der Waals surface area contributed by atoms with Crippen LogP contribution in [-0.2, 0) is 0 Å². The van der Waals surface area contributed by atoms with Crippen molar-refractivity contribution in [2.45, 2.75) is 47.0 Å². The number of hydrogen-bond acceptors (Lipinski definition) is 0. The van der Waals surface area contributed by atoms with Gasteiger partial charge in [0.15, 0.2) is 0 Å². The van der Waals surface area contributed by atoms with Gasteiger partial charge in [0.05, 0.1) is 0 Å². The molecular formula is C11H26IP. The molecule has 82 valence electrons. The van der Waals surface area contributed by atoms with Gasteiger partial charge in [-0.05, 0) is 0 Å². The summed E-state index contributed by atoms with van der Waals surface area (Å²) in [6.45, 7) is 9.52. The Kier molecular flexibility index (Phi) is 6.43. The van der Waals surface area contributed by atoms with Crippen LogP contribution in [0.3, 0.4) is 0 Å². The van der Waals surface area contributed by atoms with Crippen LogP contribution in [0.25, 0.3) is 0 Å². The Morgan fingerprint density at radius 3 is 1.62 bits per heavy atom. The van der Waals surface area contributed by atoms with E-state index in [2.05, 4.69) is 49.7 Å². The Morgan fingerprint density at radius 2 is 1.31 bits per heavy atom. The first-order valence-electron chi connectivity index (χ1n) is 5.76.